The number of rotatable bonds is 9. The lowest BCUT2D eigenvalue weighted by atomic mass is 10.0. The van der Waals surface area contributed by atoms with Crippen LogP contribution in [0.3, 0.4) is 0 Å². The highest BCUT2D eigenvalue weighted by molar-refractivity contribution is 7.89. The van der Waals surface area contributed by atoms with E-state index in [-0.39, 0.29) is 16.5 Å². The molecule has 2 aromatic heterocycles. The Labute approximate surface area is 237 Å². The molecule has 2 heterocycles. The van der Waals surface area contributed by atoms with Crippen molar-refractivity contribution in [3.63, 3.8) is 0 Å². The van der Waals surface area contributed by atoms with Crippen LogP contribution in [0.25, 0.3) is 10.9 Å². The summed E-state index contributed by atoms with van der Waals surface area (Å²) in [4.78, 5) is 13.9. The fraction of sp³-hybridized carbons (Fsp3) is 0.367. The Kier molecular flexibility index (Phi) is 8.28. The van der Waals surface area contributed by atoms with Crippen LogP contribution >= 0.6 is 11.3 Å². The summed E-state index contributed by atoms with van der Waals surface area (Å²) >= 11 is 1.48. The van der Waals surface area contributed by atoms with E-state index in [9.17, 15) is 13.2 Å². The van der Waals surface area contributed by atoms with Gasteiger partial charge in [0.2, 0.25) is 10.0 Å². The number of aromatic nitrogens is 1. The molecule has 0 N–H and O–H groups in total. The second-order valence-corrected chi connectivity index (χ2v) is 19.3. The van der Waals surface area contributed by atoms with Gasteiger partial charge in [-0.2, -0.15) is 4.31 Å². The Morgan fingerprint density at radius 1 is 1.05 bits per heavy atom. The molecule has 208 valence electrons. The van der Waals surface area contributed by atoms with Gasteiger partial charge in [0.15, 0.2) is 8.24 Å². The van der Waals surface area contributed by atoms with Gasteiger partial charge in [0.1, 0.15) is 6.54 Å². The van der Waals surface area contributed by atoms with Crippen LogP contribution in [-0.2, 0) is 19.6 Å². The van der Waals surface area contributed by atoms with Gasteiger partial charge >= 0.3 is 5.97 Å². The SMILES string of the molecule is CCOC(=O)CN(C(c1cccs1)c1cn([Si](C)(C)C(C)(C)C)c2ccccc12)S(=O)(=O)c1ccc(C)cc1. The summed E-state index contributed by atoms with van der Waals surface area (Å²) in [5.41, 5.74) is 2.89. The van der Waals surface area contributed by atoms with Crippen molar-refractivity contribution in [3.8, 4) is 0 Å². The van der Waals surface area contributed by atoms with Gasteiger partial charge in [-0.15, -0.1) is 11.3 Å². The van der Waals surface area contributed by atoms with Crippen molar-refractivity contribution in [2.24, 2.45) is 0 Å². The number of carbonyl (C=O) groups is 1. The predicted molar refractivity (Wildman–Crippen MR) is 162 cm³/mol. The average Bonchev–Trinajstić information content (AvgIpc) is 3.53. The van der Waals surface area contributed by atoms with Crippen molar-refractivity contribution in [2.75, 3.05) is 13.2 Å². The van der Waals surface area contributed by atoms with E-state index < -0.39 is 36.8 Å². The molecule has 1 unspecified atom stereocenters. The molecule has 0 bridgehead atoms. The zero-order valence-electron chi connectivity index (χ0n) is 23.8. The molecule has 9 heteroatoms. The van der Waals surface area contributed by atoms with E-state index in [0.717, 1.165) is 26.9 Å². The van der Waals surface area contributed by atoms with E-state index >= 15 is 0 Å². The van der Waals surface area contributed by atoms with Crippen LogP contribution in [0.4, 0.5) is 0 Å². The molecular weight excluding hydrogens is 545 g/mol. The highest BCUT2D eigenvalue weighted by Crippen LogP contribution is 2.44. The number of nitrogens with zero attached hydrogens (tertiary/aromatic N) is 2. The summed E-state index contributed by atoms with van der Waals surface area (Å²) in [6.07, 6.45) is 2.13. The lowest BCUT2D eigenvalue weighted by Crippen LogP contribution is -2.45. The molecule has 6 nitrogen and oxygen atoms in total. The van der Waals surface area contributed by atoms with E-state index in [1.807, 2.05) is 36.6 Å². The maximum atomic E-state index is 14.3. The highest BCUT2D eigenvalue weighted by Gasteiger charge is 2.42. The van der Waals surface area contributed by atoms with Gasteiger partial charge in [0.25, 0.3) is 0 Å². The third kappa shape index (κ3) is 5.63. The van der Waals surface area contributed by atoms with Crippen LogP contribution in [0.1, 0.15) is 49.7 Å². The first-order valence-electron chi connectivity index (χ1n) is 13.2. The lowest BCUT2D eigenvalue weighted by molar-refractivity contribution is -0.143. The number of benzene rings is 2. The molecule has 0 amide bonds. The molecule has 0 fully saturated rings. The van der Waals surface area contributed by atoms with E-state index in [1.54, 1.807) is 31.2 Å². The highest BCUT2D eigenvalue weighted by atomic mass is 32.2. The van der Waals surface area contributed by atoms with Crippen LogP contribution < -0.4 is 0 Å². The third-order valence-electron chi connectivity index (χ3n) is 7.79. The molecule has 0 aliphatic carbocycles. The molecule has 4 rings (SSSR count). The molecule has 0 saturated carbocycles. The number of hydrogen-bond acceptors (Lipinski definition) is 5. The summed E-state index contributed by atoms with van der Waals surface area (Å²) in [6.45, 7) is 14.9. The lowest BCUT2D eigenvalue weighted by Gasteiger charge is -2.38. The normalized spacial score (nSPS) is 13.6. The minimum absolute atomic E-state index is 0.0447. The fourth-order valence-corrected chi connectivity index (χ4v) is 9.07. The van der Waals surface area contributed by atoms with Crippen molar-refractivity contribution in [2.45, 2.75) is 63.7 Å². The smallest absolute Gasteiger partial charge is 0.321 e. The first kappa shape index (κ1) is 29.3. The molecule has 0 aliphatic rings. The minimum atomic E-state index is -4.09. The van der Waals surface area contributed by atoms with Crippen molar-refractivity contribution in [1.82, 2.24) is 8.54 Å². The number of sulfonamides is 1. The average molecular weight is 583 g/mol. The first-order chi connectivity index (χ1) is 18.3. The minimum Gasteiger partial charge on any atom is -0.465 e. The summed E-state index contributed by atoms with van der Waals surface area (Å²) in [7, 11) is -6.18. The summed E-state index contributed by atoms with van der Waals surface area (Å²) in [6, 6.07) is 18.1. The van der Waals surface area contributed by atoms with Crippen LogP contribution in [0.2, 0.25) is 18.1 Å². The zero-order chi connectivity index (χ0) is 28.6. The molecule has 0 saturated heterocycles. The molecule has 0 spiro atoms. The standard InChI is InChI=1S/C30H38N2O4S2Si/c1-8-36-28(33)21-31(38(34,35)23-17-15-22(2)16-18-23)29(27-14-11-19-37-27)25-20-32(39(6,7)30(3,4)5)26-13-10-9-12-24(25)26/h9-20,29H,8,21H2,1-7H3. The Morgan fingerprint density at radius 3 is 2.31 bits per heavy atom. The van der Waals surface area contributed by atoms with Gasteiger partial charge < -0.3 is 8.97 Å². The van der Waals surface area contributed by atoms with Crippen molar-refractivity contribution >= 4 is 46.5 Å². The van der Waals surface area contributed by atoms with E-state index in [2.05, 4.69) is 56.4 Å². The Bertz CT molecular complexity index is 1550. The van der Waals surface area contributed by atoms with Gasteiger partial charge in [-0.1, -0.05) is 75.8 Å². The molecule has 39 heavy (non-hydrogen) atoms. The zero-order valence-corrected chi connectivity index (χ0v) is 26.4. The fourth-order valence-electron chi connectivity index (χ4n) is 4.64. The van der Waals surface area contributed by atoms with Crippen molar-refractivity contribution < 1.29 is 17.9 Å². The Balaban J connectivity index is 2.02. The van der Waals surface area contributed by atoms with Gasteiger partial charge in [0, 0.05) is 27.5 Å². The summed E-state index contributed by atoms with van der Waals surface area (Å²) < 4.78 is 37.6. The number of carbonyl (C=O) groups excluding carboxylic acids is 1. The van der Waals surface area contributed by atoms with Crippen LogP contribution in [0.5, 0.6) is 0 Å². The van der Waals surface area contributed by atoms with Gasteiger partial charge in [-0.05, 0) is 48.5 Å². The second-order valence-electron chi connectivity index (χ2n) is 11.4. The van der Waals surface area contributed by atoms with Crippen LogP contribution in [0.15, 0.2) is 77.1 Å². The second kappa shape index (κ2) is 11.0. The van der Waals surface area contributed by atoms with E-state index in [4.69, 9.17) is 4.74 Å². The molecule has 4 aromatic rings. The van der Waals surface area contributed by atoms with Gasteiger partial charge in [-0.25, -0.2) is 8.42 Å². The van der Waals surface area contributed by atoms with Gasteiger partial charge in [0.05, 0.1) is 17.5 Å². The molecule has 2 aromatic carbocycles. The maximum absolute atomic E-state index is 14.3. The van der Waals surface area contributed by atoms with Gasteiger partial charge in [-0.3, -0.25) is 4.79 Å². The number of thiophene rings is 1. The number of fused-ring (bicyclic) bond motifs is 1. The Morgan fingerprint density at radius 2 is 1.72 bits per heavy atom. The number of ether oxygens (including phenoxy) is 1. The van der Waals surface area contributed by atoms with Crippen molar-refractivity contribution in [1.29, 1.82) is 0 Å². The number of hydrogen-bond donors (Lipinski definition) is 0. The number of para-hydroxylation sites is 1. The number of esters is 1. The number of aryl methyl sites for hydroxylation is 1. The monoisotopic (exact) mass is 582 g/mol. The largest absolute Gasteiger partial charge is 0.465 e. The summed E-state index contributed by atoms with van der Waals surface area (Å²) in [5, 5.41) is 2.97. The maximum Gasteiger partial charge on any atom is 0.321 e. The Hall–Kier alpha value is -2.72. The predicted octanol–water partition coefficient (Wildman–Crippen LogP) is 7.21. The van der Waals surface area contributed by atoms with E-state index in [0.29, 0.717) is 0 Å². The first-order valence-corrected chi connectivity index (χ1v) is 18.4. The molecule has 0 radical (unpaired) electrons. The molecule has 0 aliphatic heterocycles. The van der Waals surface area contributed by atoms with Crippen LogP contribution in [0, 0.1) is 6.92 Å². The quantitative estimate of drug-likeness (QED) is 0.154. The van der Waals surface area contributed by atoms with Crippen LogP contribution in [-0.4, -0.2) is 44.3 Å². The van der Waals surface area contributed by atoms with Crippen molar-refractivity contribution in [3.05, 3.63) is 88.2 Å². The molecule has 1 atom stereocenters. The topological polar surface area (TPSA) is 68.6 Å². The summed E-state index contributed by atoms with van der Waals surface area (Å²) in [5.74, 6) is -0.581. The third-order valence-corrected chi connectivity index (χ3v) is 15.8. The molecular formula is C30H38N2O4S2Si. The van der Waals surface area contributed by atoms with E-state index in [1.165, 1.54) is 15.6 Å².